The van der Waals surface area contributed by atoms with Gasteiger partial charge in [-0.15, -0.1) is 0 Å². The maximum atomic E-state index is 11.0. The van der Waals surface area contributed by atoms with Crippen LogP contribution in [0, 0.1) is 10.8 Å². The summed E-state index contributed by atoms with van der Waals surface area (Å²) in [5.41, 5.74) is -0.109. The Morgan fingerprint density at radius 3 is 2.46 bits per heavy atom. The van der Waals surface area contributed by atoms with Gasteiger partial charge >= 0.3 is 5.97 Å². The summed E-state index contributed by atoms with van der Waals surface area (Å²) < 4.78 is 5.24. The Labute approximate surface area is 78.1 Å². The molecule has 2 fully saturated rings. The lowest BCUT2D eigenvalue weighted by Gasteiger charge is -2.44. The molecule has 0 bridgehead atoms. The van der Waals surface area contributed by atoms with Gasteiger partial charge in [0.15, 0.2) is 0 Å². The summed E-state index contributed by atoms with van der Waals surface area (Å²) in [7, 11) is 0. The monoisotopic (exact) mass is 184 g/mol. The van der Waals surface area contributed by atoms with E-state index in [0.717, 1.165) is 12.8 Å². The second kappa shape index (κ2) is 2.71. The fourth-order valence-corrected chi connectivity index (χ4v) is 2.53. The maximum Gasteiger partial charge on any atom is 0.312 e. The van der Waals surface area contributed by atoms with Gasteiger partial charge in [-0.3, -0.25) is 4.79 Å². The molecular formula is C10H16O3. The summed E-state index contributed by atoms with van der Waals surface area (Å²) in [5, 5.41) is 9.09. The summed E-state index contributed by atoms with van der Waals surface area (Å²) >= 11 is 0. The molecule has 3 heteroatoms. The van der Waals surface area contributed by atoms with Gasteiger partial charge in [-0.2, -0.15) is 0 Å². The van der Waals surface area contributed by atoms with Crippen LogP contribution in [0.15, 0.2) is 0 Å². The van der Waals surface area contributed by atoms with Crippen molar-refractivity contribution in [3.05, 3.63) is 0 Å². The first-order valence-electron chi connectivity index (χ1n) is 4.94. The van der Waals surface area contributed by atoms with Gasteiger partial charge < -0.3 is 9.84 Å². The number of hydrogen-bond acceptors (Lipinski definition) is 2. The Bertz CT molecular complexity index is 222. The highest BCUT2D eigenvalue weighted by Crippen LogP contribution is 2.68. The standard InChI is InChI=1S/C10H16O3/c1-2-13-7-10(8(11)12)5-9(6-10)3-4-9/h2-7H2,1H3,(H,11,12). The first-order chi connectivity index (χ1) is 6.13. The second-order valence-electron chi connectivity index (χ2n) is 4.58. The van der Waals surface area contributed by atoms with Crippen LogP contribution in [-0.2, 0) is 9.53 Å². The molecule has 0 heterocycles. The van der Waals surface area contributed by atoms with Crippen LogP contribution in [0.25, 0.3) is 0 Å². The van der Waals surface area contributed by atoms with E-state index in [9.17, 15) is 4.79 Å². The van der Waals surface area contributed by atoms with Crippen molar-refractivity contribution in [2.24, 2.45) is 10.8 Å². The zero-order valence-electron chi connectivity index (χ0n) is 8.01. The van der Waals surface area contributed by atoms with Gasteiger partial charge in [-0.05, 0) is 38.0 Å². The van der Waals surface area contributed by atoms with E-state index in [1.807, 2.05) is 6.92 Å². The topological polar surface area (TPSA) is 46.5 Å². The highest BCUT2D eigenvalue weighted by Gasteiger charge is 2.64. The SMILES string of the molecule is CCOCC1(C(=O)O)CC2(CC2)C1. The van der Waals surface area contributed by atoms with Crippen LogP contribution in [0.4, 0.5) is 0 Å². The van der Waals surface area contributed by atoms with Crippen molar-refractivity contribution in [3.63, 3.8) is 0 Å². The van der Waals surface area contributed by atoms with Crippen LogP contribution in [0.1, 0.15) is 32.6 Å². The largest absolute Gasteiger partial charge is 0.481 e. The van der Waals surface area contributed by atoms with Crippen molar-refractivity contribution in [1.82, 2.24) is 0 Å². The molecule has 0 aliphatic heterocycles. The van der Waals surface area contributed by atoms with Gasteiger partial charge in [0.25, 0.3) is 0 Å². The minimum atomic E-state index is -0.668. The first-order valence-corrected chi connectivity index (χ1v) is 4.94. The smallest absolute Gasteiger partial charge is 0.312 e. The average molecular weight is 184 g/mol. The minimum absolute atomic E-state index is 0.403. The summed E-state index contributed by atoms with van der Waals surface area (Å²) in [6, 6.07) is 0. The Kier molecular flexibility index (Phi) is 1.88. The van der Waals surface area contributed by atoms with Crippen molar-refractivity contribution in [3.8, 4) is 0 Å². The van der Waals surface area contributed by atoms with Crippen LogP contribution in [0.3, 0.4) is 0 Å². The number of hydrogen-bond donors (Lipinski definition) is 1. The molecule has 1 N–H and O–H groups in total. The molecule has 13 heavy (non-hydrogen) atoms. The van der Waals surface area contributed by atoms with E-state index < -0.39 is 11.4 Å². The fourth-order valence-electron chi connectivity index (χ4n) is 2.53. The lowest BCUT2D eigenvalue weighted by Crippen LogP contribution is -2.48. The highest BCUT2D eigenvalue weighted by molar-refractivity contribution is 5.76. The Morgan fingerprint density at radius 1 is 1.46 bits per heavy atom. The zero-order chi connectivity index (χ0) is 9.53. The Balaban J connectivity index is 1.94. The van der Waals surface area contributed by atoms with E-state index in [2.05, 4.69) is 0 Å². The van der Waals surface area contributed by atoms with Gasteiger partial charge in [0.2, 0.25) is 0 Å². The predicted molar refractivity (Wildman–Crippen MR) is 47.5 cm³/mol. The molecule has 0 aromatic heterocycles. The van der Waals surface area contributed by atoms with Gasteiger partial charge in [0.05, 0.1) is 12.0 Å². The Hall–Kier alpha value is -0.570. The van der Waals surface area contributed by atoms with Crippen molar-refractivity contribution >= 4 is 5.97 Å². The number of aliphatic carboxylic acids is 1. The zero-order valence-corrected chi connectivity index (χ0v) is 8.01. The number of carboxylic acid groups (broad SMARTS) is 1. The molecular weight excluding hydrogens is 168 g/mol. The molecule has 0 atom stereocenters. The molecule has 0 radical (unpaired) electrons. The maximum absolute atomic E-state index is 11.0. The number of carboxylic acids is 1. The van der Waals surface area contributed by atoms with E-state index in [1.54, 1.807) is 0 Å². The van der Waals surface area contributed by atoms with Crippen LogP contribution < -0.4 is 0 Å². The number of ether oxygens (including phenoxy) is 1. The van der Waals surface area contributed by atoms with Gasteiger partial charge in [0, 0.05) is 6.61 Å². The lowest BCUT2D eigenvalue weighted by atomic mass is 9.60. The van der Waals surface area contributed by atoms with E-state index in [0.29, 0.717) is 18.6 Å². The van der Waals surface area contributed by atoms with Crippen LogP contribution in [0.2, 0.25) is 0 Å². The normalized spacial score (nSPS) is 26.8. The molecule has 2 aliphatic rings. The second-order valence-corrected chi connectivity index (χ2v) is 4.58. The molecule has 2 saturated carbocycles. The Morgan fingerprint density at radius 2 is 2.08 bits per heavy atom. The molecule has 0 unspecified atom stereocenters. The lowest BCUT2D eigenvalue weighted by molar-refractivity contribution is -0.166. The third kappa shape index (κ3) is 1.35. The molecule has 2 rings (SSSR count). The molecule has 2 aliphatic carbocycles. The van der Waals surface area contributed by atoms with E-state index in [-0.39, 0.29) is 0 Å². The van der Waals surface area contributed by atoms with Crippen molar-refractivity contribution in [2.75, 3.05) is 13.2 Å². The summed E-state index contributed by atoms with van der Waals surface area (Å²) in [6.07, 6.45) is 4.15. The molecule has 3 nitrogen and oxygen atoms in total. The first kappa shape index (κ1) is 9.00. The van der Waals surface area contributed by atoms with E-state index >= 15 is 0 Å². The minimum Gasteiger partial charge on any atom is -0.481 e. The average Bonchev–Trinajstić information content (AvgIpc) is 2.77. The van der Waals surface area contributed by atoms with Gasteiger partial charge in [-0.25, -0.2) is 0 Å². The molecule has 0 aromatic carbocycles. The summed E-state index contributed by atoms with van der Waals surface area (Å²) in [6.45, 7) is 2.92. The fraction of sp³-hybridized carbons (Fsp3) is 0.900. The quantitative estimate of drug-likeness (QED) is 0.722. The summed E-state index contributed by atoms with van der Waals surface area (Å²) in [4.78, 5) is 11.0. The molecule has 74 valence electrons. The van der Waals surface area contributed by atoms with Crippen LogP contribution in [-0.4, -0.2) is 24.3 Å². The highest BCUT2D eigenvalue weighted by atomic mass is 16.5. The van der Waals surface area contributed by atoms with Crippen molar-refractivity contribution < 1.29 is 14.6 Å². The van der Waals surface area contributed by atoms with Crippen molar-refractivity contribution in [2.45, 2.75) is 32.6 Å². The van der Waals surface area contributed by atoms with Gasteiger partial charge in [0.1, 0.15) is 0 Å². The van der Waals surface area contributed by atoms with Crippen molar-refractivity contribution in [1.29, 1.82) is 0 Å². The van der Waals surface area contributed by atoms with Crippen LogP contribution >= 0.6 is 0 Å². The van der Waals surface area contributed by atoms with Gasteiger partial charge in [-0.1, -0.05) is 0 Å². The number of rotatable bonds is 4. The predicted octanol–water partition coefficient (Wildman–Crippen LogP) is 1.67. The molecule has 0 saturated heterocycles. The molecule has 0 aromatic rings. The van der Waals surface area contributed by atoms with Crippen LogP contribution in [0.5, 0.6) is 0 Å². The number of carbonyl (C=O) groups is 1. The van der Waals surface area contributed by atoms with E-state index in [4.69, 9.17) is 9.84 Å². The third-order valence-corrected chi connectivity index (χ3v) is 3.42. The summed E-state index contributed by atoms with van der Waals surface area (Å²) in [5.74, 6) is -0.668. The third-order valence-electron chi connectivity index (χ3n) is 3.42. The van der Waals surface area contributed by atoms with E-state index in [1.165, 1.54) is 12.8 Å². The molecule has 1 spiro atoms. The molecule has 0 amide bonds.